The minimum atomic E-state index is -0.734. The minimum absolute atomic E-state index is 0.119. The molecule has 0 bridgehead atoms. The maximum absolute atomic E-state index is 12.2. The van der Waals surface area contributed by atoms with Gasteiger partial charge in [0, 0.05) is 28.4 Å². The van der Waals surface area contributed by atoms with Gasteiger partial charge in [0.15, 0.2) is 0 Å². The normalized spacial score (nSPS) is 17.6. The molecular formula is C31H28BrN3O3. The number of rotatable bonds is 7. The number of fused-ring (bicyclic) bond motifs is 2. The molecule has 6 rings (SSSR count). The fraction of sp³-hybridized carbons (Fsp3) is 0.258. The van der Waals surface area contributed by atoms with E-state index in [9.17, 15) is 9.90 Å². The summed E-state index contributed by atoms with van der Waals surface area (Å²) in [7, 11) is 0. The van der Waals surface area contributed by atoms with Gasteiger partial charge in [0.2, 0.25) is 0 Å². The van der Waals surface area contributed by atoms with Crippen LogP contribution in [0.3, 0.4) is 0 Å². The van der Waals surface area contributed by atoms with Crippen LogP contribution in [0.1, 0.15) is 48.7 Å². The van der Waals surface area contributed by atoms with Crippen LogP contribution in [0.2, 0.25) is 0 Å². The molecule has 38 heavy (non-hydrogen) atoms. The zero-order chi connectivity index (χ0) is 26.1. The highest BCUT2D eigenvalue weighted by Crippen LogP contribution is 2.39. The van der Waals surface area contributed by atoms with Gasteiger partial charge in [0.05, 0.1) is 28.2 Å². The van der Waals surface area contributed by atoms with Crippen LogP contribution in [-0.4, -0.2) is 25.6 Å². The van der Waals surface area contributed by atoms with Crippen LogP contribution in [0, 0.1) is 5.92 Å². The molecule has 1 fully saturated rings. The lowest BCUT2D eigenvalue weighted by atomic mass is 9.78. The molecule has 0 unspecified atom stereocenters. The minimum Gasteiger partial charge on any atom is -0.487 e. The summed E-state index contributed by atoms with van der Waals surface area (Å²) < 4.78 is 9.33. The molecule has 1 N–H and O–H groups in total. The predicted octanol–water partition coefficient (Wildman–Crippen LogP) is 7.33. The van der Waals surface area contributed by atoms with E-state index in [0.717, 1.165) is 62.8 Å². The van der Waals surface area contributed by atoms with Crippen molar-refractivity contribution >= 4 is 43.8 Å². The number of para-hydroxylation sites is 1. The summed E-state index contributed by atoms with van der Waals surface area (Å²) >= 11 is 3.57. The van der Waals surface area contributed by atoms with Gasteiger partial charge in [-0.1, -0.05) is 65.2 Å². The van der Waals surface area contributed by atoms with Gasteiger partial charge in [-0.15, -0.1) is 0 Å². The number of pyridine rings is 1. The number of hydrogen-bond donors (Lipinski definition) is 1. The van der Waals surface area contributed by atoms with Crippen molar-refractivity contribution < 1.29 is 14.6 Å². The van der Waals surface area contributed by atoms with E-state index in [0.29, 0.717) is 25.3 Å². The van der Waals surface area contributed by atoms with E-state index in [4.69, 9.17) is 14.7 Å². The Morgan fingerprint density at radius 2 is 1.82 bits per heavy atom. The molecule has 7 heteroatoms. The van der Waals surface area contributed by atoms with Crippen molar-refractivity contribution in [3.05, 3.63) is 100 Å². The van der Waals surface area contributed by atoms with Crippen molar-refractivity contribution in [1.82, 2.24) is 14.5 Å². The average Bonchev–Trinajstić information content (AvgIpc) is 3.29. The molecule has 2 heterocycles. The summed E-state index contributed by atoms with van der Waals surface area (Å²) in [5, 5.41) is 11.1. The lowest BCUT2D eigenvalue weighted by molar-refractivity contribution is -0.143. The number of carbonyl (C=O) groups is 1. The quantitative estimate of drug-likeness (QED) is 0.222. The van der Waals surface area contributed by atoms with Crippen molar-refractivity contribution in [2.75, 3.05) is 0 Å². The van der Waals surface area contributed by atoms with Crippen LogP contribution in [0.25, 0.3) is 21.9 Å². The van der Waals surface area contributed by atoms with Crippen LogP contribution < -0.4 is 4.74 Å². The topological polar surface area (TPSA) is 77.2 Å². The summed E-state index contributed by atoms with van der Waals surface area (Å²) in [5.41, 5.74) is 4.72. The highest BCUT2D eigenvalue weighted by Gasteiger charge is 2.35. The Bertz CT molecular complexity index is 1630. The van der Waals surface area contributed by atoms with E-state index in [1.54, 1.807) is 0 Å². The molecular weight excluding hydrogens is 542 g/mol. The molecule has 0 spiro atoms. The number of aliphatic carboxylic acids is 1. The highest BCUT2D eigenvalue weighted by molar-refractivity contribution is 9.10. The lowest BCUT2D eigenvalue weighted by Crippen LogP contribution is -2.27. The maximum atomic E-state index is 12.2. The summed E-state index contributed by atoms with van der Waals surface area (Å²) in [6, 6.07) is 26.2. The number of halogens is 1. The fourth-order valence-corrected chi connectivity index (χ4v) is 6.01. The number of aromatic nitrogens is 3. The van der Waals surface area contributed by atoms with Crippen LogP contribution in [0.5, 0.6) is 5.75 Å². The number of imidazole rings is 1. The van der Waals surface area contributed by atoms with Crippen molar-refractivity contribution in [3.8, 4) is 5.75 Å². The largest absolute Gasteiger partial charge is 0.487 e. The SMILES string of the molecule is O=C(O)[C@H]1CCCC[C@H]1c1nc2cc(OCc3ccc4ccccc4n3)ccc2n1Cc1cccc(Br)c1. The first kappa shape index (κ1) is 24.6. The molecule has 0 amide bonds. The van der Waals surface area contributed by atoms with Gasteiger partial charge in [0.25, 0.3) is 0 Å². The second-order valence-corrected chi connectivity index (χ2v) is 10.9. The Morgan fingerprint density at radius 3 is 2.68 bits per heavy atom. The molecule has 3 aromatic carbocycles. The second kappa shape index (κ2) is 10.6. The molecule has 0 radical (unpaired) electrons. The molecule has 0 saturated heterocycles. The molecule has 1 aliphatic carbocycles. The van der Waals surface area contributed by atoms with Crippen molar-refractivity contribution in [2.45, 2.75) is 44.8 Å². The molecule has 0 aliphatic heterocycles. The third kappa shape index (κ3) is 5.03. The number of ether oxygens (including phenoxy) is 1. The number of benzene rings is 3. The van der Waals surface area contributed by atoms with Gasteiger partial charge in [-0.3, -0.25) is 4.79 Å². The Kier molecular flexibility index (Phi) is 6.85. The van der Waals surface area contributed by atoms with E-state index in [1.807, 2.05) is 60.7 Å². The lowest BCUT2D eigenvalue weighted by Gasteiger charge is -2.28. The third-order valence-corrected chi connectivity index (χ3v) is 7.93. The summed E-state index contributed by atoms with van der Waals surface area (Å²) in [5.74, 6) is 0.288. The molecule has 2 aromatic heterocycles. The molecule has 2 atom stereocenters. The van der Waals surface area contributed by atoms with Crippen LogP contribution in [-0.2, 0) is 17.9 Å². The summed E-state index contributed by atoms with van der Waals surface area (Å²) in [6.07, 6.45) is 3.48. The first-order valence-corrected chi connectivity index (χ1v) is 13.8. The molecule has 1 saturated carbocycles. The standard InChI is InChI=1S/C31H28BrN3O3/c32-22-8-5-6-20(16-22)18-35-29-15-14-24(38-19-23-13-12-21-7-1-4-11-27(21)33-23)17-28(29)34-30(35)25-9-2-3-10-26(25)31(36)37/h1,4-8,11-17,25-26H,2-3,9-10,18-19H2,(H,36,37)/t25-,26+/m1/s1. The van der Waals surface area contributed by atoms with Gasteiger partial charge in [-0.05, 0) is 54.8 Å². The van der Waals surface area contributed by atoms with Crippen LogP contribution >= 0.6 is 15.9 Å². The molecule has 5 aromatic rings. The number of nitrogens with zero attached hydrogens (tertiary/aromatic N) is 3. The van der Waals surface area contributed by atoms with E-state index < -0.39 is 11.9 Å². The maximum Gasteiger partial charge on any atom is 0.307 e. The van der Waals surface area contributed by atoms with Gasteiger partial charge < -0.3 is 14.4 Å². The second-order valence-electron chi connectivity index (χ2n) is 9.96. The first-order chi connectivity index (χ1) is 18.5. The predicted molar refractivity (Wildman–Crippen MR) is 151 cm³/mol. The van der Waals surface area contributed by atoms with E-state index >= 15 is 0 Å². The number of carboxylic acids is 1. The zero-order valence-electron chi connectivity index (χ0n) is 20.9. The third-order valence-electron chi connectivity index (χ3n) is 7.44. The summed E-state index contributed by atoms with van der Waals surface area (Å²) in [6.45, 7) is 0.973. The van der Waals surface area contributed by atoms with E-state index in [2.05, 4.69) is 38.7 Å². The smallest absolute Gasteiger partial charge is 0.307 e. The molecule has 1 aliphatic rings. The Hall–Kier alpha value is -3.71. The van der Waals surface area contributed by atoms with Gasteiger partial charge >= 0.3 is 5.97 Å². The van der Waals surface area contributed by atoms with Gasteiger partial charge in [-0.25, -0.2) is 9.97 Å². The van der Waals surface area contributed by atoms with Gasteiger partial charge in [0.1, 0.15) is 18.2 Å². The van der Waals surface area contributed by atoms with Crippen LogP contribution in [0.4, 0.5) is 0 Å². The number of carboxylic acid groups (broad SMARTS) is 1. The van der Waals surface area contributed by atoms with Crippen LogP contribution in [0.15, 0.2) is 83.3 Å². The Morgan fingerprint density at radius 1 is 0.947 bits per heavy atom. The average molecular weight is 570 g/mol. The van der Waals surface area contributed by atoms with Crippen molar-refractivity contribution in [1.29, 1.82) is 0 Å². The van der Waals surface area contributed by atoms with E-state index in [-0.39, 0.29) is 5.92 Å². The zero-order valence-corrected chi connectivity index (χ0v) is 22.5. The van der Waals surface area contributed by atoms with Crippen molar-refractivity contribution in [2.24, 2.45) is 5.92 Å². The highest BCUT2D eigenvalue weighted by atomic mass is 79.9. The van der Waals surface area contributed by atoms with Crippen molar-refractivity contribution in [3.63, 3.8) is 0 Å². The molecule has 6 nitrogen and oxygen atoms in total. The Balaban J connectivity index is 1.34. The van der Waals surface area contributed by atoms with Gasteiger partial charge in [-0.2, -0.15) is 0 Å². The monoisotopic (exact) mass is 569 g/mol. The number of hydrogen-bond acceptors (Lipinski definition) is 4. The summed E-state index contributed by atoms with van der Waals surface area (Å²) in [4.78, 5) is 21.9. The first-order valence-electron chi connectivity index (χ1n) is 13.0. The Labute approximate surface area is 229 Å². The fourth-order valence-electron chi connectivity index (χ4n) is 5.57. The molecule has 192 valence electrons. The van der Waals surface area contributed by atoms with E-state index in [1.165, 1.54) is 0 Å².